The maximum atomic E-state index is 10.4. The number of benzene rings is 1. The summed E-state index contributed by atoms with van der Waals surface area (Å²) >= 11 is 0. The molecule has 6 nitrogen and oxygen atoms in total. The van der Waals surface area contributed by atoms with Gasteiger partial charge in [-0.15, -0.1) is 0 Å². The summed E-state index contributed by atoms with van der Waals surface area (Å²) in [4.78, 5) is 7.12. The number of likely N-dealkylation sites (N-methyl/N-ethyl adjacent to an activating group) is 1. The van der Waals surface area contributed by atoms with Crippen LogP contribution in [0.1, 0.15) is 24.8 Å². The van der Waals surface area contributed by atoms with Gasteiger partial charge in [0.15, 0.2) is 11.5 Å². The van der Waals surface area contributed by atoms with Gasteiger partial charge in [0, 0.05) is 39.3 Å². The molecule has 1 aromatic carbocycles. The molecule has 6 heteroatoms. The van der Waals surface area contributed by atoms with Gasteiger partial charge in [0.1, 0.15) is 12.7 Å². The van der Waals surface area contributed by atoms with E-state index in [1.54, 1.807) is 7.11 Å². The zero-order chi connectivity index (χ0) is 19.1. The third kappa shape index (κ3) is 6.35. The van der Waals surface area contributed by atoms with E-state index < -0.39 is 6.10 Å². The predicted molar refractivity (Wildman–Crippen MR) is 108 cm³/mol. The fraction of sp³-hybridized carbons (Fsp3) is 0.714. The third-order valence-corrected chi connectivity index (χ3v) is 5.58. The smallest absolute Gasteiger partial charge is 0.161 e. The highest BCUT2D eigenvalue weighted by atomic mass is 16.5. The summed E-state index contributed by atoms with van der Waals surface area (Å²) in [6.07, 6.45) is 3.43. The number of ether oxygens (including phenoxy) is 2. The highest BCUT2D eigenvalue weighted by molar-refractivity contribution is 5.43. The number of hydrogen-bond acceptors (Lipinski definition) is 6. The molecule has 1 unspecified atom stereocenters. The summed E-state index contributed by atoms with van der Waals surface area (Å²) in [5.41, 5.74) is 1.24. The first-order valence-electron chi connectivity index (χ1n) is 10.2. The number of aliphatic hydroxyl groups excluding tert-OH is 1. The summed E-state index contributed by atoms with van der Waals surface area (Å²) in [5.74, 6) is 1.45. The van der Waals surface area contributed by atoms with Crippen molar-refractivity contribution in [3.63, 3.8) is 0 Å². The van der Waals surface area contributed by atoms with Crippen LogP contribution in [0, 0.1) is 0 Å². The second-order valence-electron chi connectivity index (χ2n) is 7.89. The molecule has 1 N–H and O–H groups in total. The molecular formula is C21H35N3O3. The van der Waals surface area contributed by atoms with E-state index in [2.05, 4.69) is 33.9 Å². The Morgan fingerprint density at radius 2 is 1.70 bits per heavy atom. The van der Waals surface area contributed by atoms with Crippen LogP contribution in [-0.4, -0.2) is 92.5 Å². The molecule has 0 amide bonds. The van der Waals surface area contributed by atoms with E-state index in [0.717, 1.165) is 44.2 Å². The zero-order valence-corrected chi connectivity index (χ0v) is 16.9. The highest BCUT2D eigenvalue weighted by Crippen LogP contribution is 2.29. The Morgan fingerprint density at radius 1 is 0.963 bits per heavy atom. The minimum Gasteiger partial charge on any atom is -0.493 e. The van der Waals surface area contributed by atoms with Crippen molar-refractivity contribution in [3.05, 3.63) is 23.8 Å². The lowest BCUT2D eigenvalue weighted by molar-refractivity contribution is 0.0497. The molecule has 1 atom stereocenters. The second kappa shape index (κ2) is 10.3. The number of nitrogens with zero attached hydrogens (tertiary/aromatic N) is 3. The first-order chi connectivity index (χ1) is 13.1. The standard InChI is InChI=1S/C21H35N3O3/c1-22-10-12-24(13-11-22)16-19(25)17-27-21-14-18(6-7-20(21)26-2)15-23-8-4-3-5-9-23/h6-7,14,19,25H,3-5,8-13,15-17H2,1-2H3. The number of β-amino-alcohol motifs (C(OH)–C–C–N with tert-alkyl or cyclic N) is 1. The van der Waals surface area contributed by atoms with Crippen molar-refractivity contribution >= 4 is 0 Å². The van der Waals surface area contributed by atoms with Crippen molar-refractivity contribution in [1.82, 2.24) is 14.7 Å². The van der Waals surface area contributed by atoms with Gasteiger partial charge < -0.3 is 19.5 Å². The molecule has 0 aromatic heterocycles. The minimum absolute atomic E-state index is 0.288. The van der Waals surface area contributed by atoms with Gasteiger partial charge in [-0.3, -0.25) is 9.80 Å². The lowest BCUT2D eigenvalue weighted by Crippen LogP contribution is -2.47. The summed E-state index contributed by atoms with van der Waals surface area (Å²) < 4.78 is 11.4. The monoisotopic (exact) mass is 377 g/mol. The molecule has 0 bridgehead atoms. The van der Waals surface area contributed by atoms with Gasteiger partial charge in [-0.05, 0) is 50.7 Å². The van der Waals surface area contributed by atoms with E-state index >= 15 is 0 Å². The number of likely N-dealkylation sites (tertiary alicyclic amines) is 1. The van der Waals surface area contributed by atoms with Crippen molar-refractivity contribution in [1.29, 1.82) is 0 Å². The molecule has 0 spiro atoms. The molecule has 0 radical (unpaired) electrons. The Hall–Kier alpha value is -1.34. The average molecular weight is 378 g/mol. The van der Waals surface area contributed by atoms with E-state index in [4.69, 9.17) is 9.47 Å². The average Bonchev–Trinajstić information content (AvgIpc) is 2.69. The number of piperidine rings is 1. The summed E-state index contributed by atoms with van der Waals surface area (Å²) in [7, 11) is 3.80. The number of aliphatic hydroxyl groups is 1. The Bertz CT molecular complexity index is 570. The van der Waals surface area contributed by atoms with Crippen LogP contribution in [-0.2, 0) is 6.54 Å². The largest absolute Gasteiger partial charge is 0.493 e. The number of piperazine rings is 1. The highest BCUT2D eigenvalue weighted by Gasteiger charge is 2.18. The molecule has 2 aliphatic rings. The summed E-state index contributed by atoms with van der Waals surface area (Å²) in [6, 6.07) is 6.15. The van der Waals surface area contributed by atoms with Gasteiger partial charge in [-0.25, -0.2) is 0 Å². The third-order valence-electron chi connectivity index (χ3n) is 5.58. The molecule has 1 aromatic rings. The number of methoxy groups -OCH3 is 1. The van der Waals surface area contributed by atoms with Crippen molar-refractivity contribution in [3.8, 4) is 11.5 Å². The summed E-state index contributed by atoms with van der Waals surface area (Å²) in [5, 5.41) is 10.4. The molecule has 27 heavy (non-hydrogen) atoms. The second-order valence-corrected chi connectivity index (χ2v) is 7.89. The first kappa shape index (κ1) is 20.4. The Kier molecular flexibility index (Phi) is 7.76. The molecule has 3 rings (SSSR count). The zero-order valence-electron chi connectivity index (χ0n) is 16.9. The van der Waals surface area contributed by atoms with Crippen LogP contribution < -0.4 is 9.47 Å². The van der Waals surface area contributed by atoms with Crippen molar-refractivity contribution in [2.24, 2.45) is 0 Å². The van der Waals surface area contributed by atoms with Crippen LogP contribution in [0.3, 0.4) is 0 Å². The lowest BCUT2D eigenvalue weighted by atomic mass is 10.1. The van der Waals surface area contributed by atoms with Crippen molar-refractivity contribution in [2.75, 3.05) is 66.6 Å². The van der Waals surface area contributed by atoms with Crippen LogP contribution in [0.2, 0.25) is 0 Å². The van der Waals surface area contributed by atoms with E-state index in [-0.39, 0.29) is 6.61 Å². The van der Waals surface area contributed by atoms with Crippen molar-refractivity contribution < 1.29 is 14.6 Å². The van der Waals surface area contributed by atoms with E-state index in [0.29, 0.717) is 6.54 Å². The van der Waals surface area contributed by atoms with Crippen LogP contribution in [0.5, 0.6) is 11.5 Å². The fourth-order valence-corrected chi connectivity index (χ4v) is 3.88. The van der Waals surface area contributed by atoms with Gasteiger partial charge in [0.05, 0.1) is 7.11 Å². The fourth-order valence-electron chi connectivity index (χ4n) is 3.88. The predicted octanol–water partition coefficient (Wildman–Crippen LogP) is 1.67. The quantitative estimate of drug-likeness (QED) is 0.744. The van der Waals surface area contributed by atoms with Crippen LogP contribution in [0.25, 0.3) is 0 Å². The molecule has 152 valence electrons. The van der Waals surface area contributed by atoms with Crippen molar-refractivity contribution in [2.45, 2.75) is 31.9 Å². The van der Waals surface area contributed by atoms with Gasteiger partial charge in [0.2, 0.25) is 0 Å². The molecule has 0 saturated carbocycles. The molecule has 0 aliphatic carbocycles. The Morgan fingerprint density at radius 3 is 2.41 bits per heavy atom. The lowest BCUT2D eigenvalue weighted by Gasteiger charge is -2.33. The van der Waals surface area contributed by atoms with Crippen LogP contribution >= 0.6 is 0 Å². The topological polar surface area (TPSA) is 48.4 Å². The van der Waals surface area contributed by atoms with Crippen LogP contribution in [0.4, 0.5) is 0 Å². The molecule has 2 aliphatic heterocycles. The summed E-state index contributed by atoms with van der Waals surface area (Å²) in [6.45, 7) is 8.35. The van der Waals surface area contributed by atoms with E-state index in [1.807, 2.05) is 6.07 Å². The SMILES string of the molecule is COc1ccc(CN2CCCCC2)cc1OCC(O)CN1CCN(C)CC1. The van der Waals surface area contributed by atoms with Gasteiger partial charge in [-0.2, -0.15) is 0 Å². The van der Waals surface area contributed by atoms with Gasteiger partial charge in [0.25, 0.3) is 0 Å². The Balaban J connectivity index is 1.52. The van der Waals surface area contributed by atoms with Gasteiger partial charge in [-0.1, -0.05) is 12.5 Å². The Labute approximate surface area is 163 Å². The van der Waals surface area contributed by atoms with E-state index in [1.165, 1.54) is 37.9 Å². The number of hydrogen-bond donors (Lipinski definition) is 1. The normalized spacial score (nSPS) is 21.1. The van der Waals surface area contributed by atoms with Crippen LogP contribution in [0.15, 0.2) is 18.2 Å². The maximum absolute atomic E-state index is 10.4. The molecule has 2 fully saturated rings. The minimum atomic E-state index is -0.496. The number of rotatable bonds is 8. The first-order valence-corrected chi connectivity index (χ1v) is 10.2. The molecule has 2 saturated heterocycles. The van der Waals surface area contributed by atoms with Gasteiger partial charge >= 0.3 is 0 Å². The molecule has 2 heterocycles. The van der Waals surface area contributed by atoms with E-state index in [9.17, 15) is 5.11 Å². The maximum Gasteiger partial charge on any atom is 0.161 e. The molecular weight excluding hydrogens is 342 g/mol.